The minimum absolute atomic E-state index is 0.334. The smallest absolute Gasteiger partial charge is 0.359 e. The third-order valence-electron chi connectivity index (χ3n) is 0.814. The van der Waals surface area contributed by atoms with Crippen molar-refractivity contribution in [3.63, 3.8) is 0 Å². The lowest BCUT2D eigenvalue weighted by molar-refractivity contribution is -0.235. The number of rotatable bonds is 3. The van der Waals surface area contributed by atoms with Crippen molar-refractivity contribution >= 4 is 11.9 Å². The molecular weight excluding hydrogens is 140 g/mol. The summed E-state index contributed by atoms with van der Waals surface area (Å²) in [6.07, 6.45) is -0.334. The average Bonchev–Trinajstić information content (AvgIpc) is 1.85. The molecule has 6 nitrogen and oxygen atoms in total. The topological polar surface area (TPSA) is 116 Å². The number of amides is 1. The highest BCUT2D eigenvalue weighted by Gasteiger charge is 2.16. The van der Waals surface area contributed by atoms with E-state index in [1.54, 1.807) is 0 Å². The van der Waals surface area contributed by atoms with Gasteiger partial charge in [-0.3, -0.25) is 9.68 Å². The van der Waals surface area contributed by atoms with E-state index in [2.05, 4.69) is 10.6 Å². The highest BCUT2D eigenvalue weighted by molar-refractivity contribution is 5.83. The molecule has 0 aromatic rings. The van der Waals surface area contributed by atoms with Crippen LogP contribution in [0.25, 0.3) is 0 Å². The molecule has 0 aromatic heterocycles. The van der Waals surface area contributed by atoms with E-state index in [0.29, 0.717) is 0 Å². The summed E-state index contributed by atoms with van der Waals surface area (Å²) in [5.74, 6) is -1.79. The summed E-state index contributed by atoms with van der Waals surface area (Å²) in [6, 6.07) is -1.18. The van der Waals surface area contributed by atoms with Crippen LogP contribution < -0.4 is 11.5 Å². The lowest BCUT2D eigenvalue weighted by Gasteiger charge is -2.02. The predicted molar refractivity (Wildman–Crippen MR) is 30.5 cm³/mol. The first-order valence-corrected chi connectivity index (χ1v) is 2.47. The number of hydrogen-bond acceptors (Lipinski definition) is 5. The van der Waals surface area contributed by atoms with Gasteiger partial charge in [-0.05, 0) is 0 Å². The van der Waals surface area contributed by atoms with Crippen LogP contribution in [0.2, 0.25) is 0 Å². The molecule has 0 spiro atoms. The Balaban J connectivity index is 3.72. The number of carbonyl (C=O) groups is 2. The van der Waals surface area contributed by atoms with Gasteiger partial charge in [0.1, 0.15) is 6.04 Å². The van der Waals surface area contributed by atoms with Crippen molar-refractivity contribution in [2.45, 2.75) is 12.5 Å². The molecule has 0 saturated heterocycles. The highest BCUT2D eigenvalue weighted by atomic mass is 17.1. The Bertz CT molecular complexity index is 146. The number of hydrogen-bond donors (Lipinski definition) is 3. The van der Waals surface area contributed by atoms with E-state index < -0.39 is 17.9 Å². The first-order valence-electron chi connectivity index (χ1n) is 2.47. The monoisotopic (exact) mass is 148 g/mol. The molecule has 1 amide bonds. The lowest BCUT2D eigenvalue weighted by Crippen LogP contribution is -2.35. The van der Waals surface area contributed by atoms with Gasteiger partial charge in [0.15, 0.2) is 0 Å². The van der Waals surface area contributed by atoms with Gasteiger partial charge in [-0.25, -0.2) is 4.79 Å². The molecule has 10 heavy (non-hydrogen) atoms. The molecule has 1 atom stereocenters. The molecular formula is C4H8N2O4. The molecule has 0 aliphatic carbocycles. The zero-order chi connectivity index (χ0) is 8.15. The summed E-state index contributed by atoms with van der Waals surface area (Å²) in [4.78, 5) is 23.6. The number of nitrogens with two attached hydrogens (primary N) is 2. The van der Waals surface area contributed by atoms with Crippen molar-refractivity contribution < 1.29 is 19.7 Å². The van der Waals surface area contributed by atoms with E-state index in [4.69, 9.17) is 11.0 Å². The van der Waals surface area contributed by atoms with Gasteiger partial charge in [-0.1, -0.05) is 0 Å². The van der Waals surface area contributed by atoms with Gasteiger partial charge in [0, 0.05) is 0 Å². The minimum atomic E-state index is -1.18. The van der Waals surface area contributed by atoms with Gasteiger partial charge < -0.3 is 11.5 Å². The number of carbonyl (C=O) groups excluding carboxylic acids is 2. The van der Waals surface area contributed by atoms with E-state index >= 15 is 0 Å². The summed E-state index contributed by atoms with van der Waals surface area (Å²) >= 11 is 0. The van der Waals surface area contributed by atoms with Crippen LogP contribution in [0, 0.1) is 0 Å². The summed E-state index contributed by atoms with van der Waals surface area (Å²) in [6.45, 7) is 0. The normalized spacial score (nSPS) is 12.2. The summed E-state index contributed by atoms with van der Waals surface area (Å²) in [5.41, 5.74) is 9.67. The van der Waals surface area contributed by atoms with Crippen molar-refractivity contribution in [3.05, 3.63) is 0 Å². The molecule has 0 radical (unpaired) electrons. The van der Waals surface area contributed by atoms with E-state index in [0.717, 1.165) is 0 Å². The van der Waals surface area contributed by atoms with E-state index in [1.807, 2.05) is 0 Å². The Morgan fingerprint density at radius 1 is 1.60 bits per heavy atom. The maximum Gasteiger partial charge on any atom is 0.359 e. The fourth-order valence-corrected chi connectivity index (χ4v) is 0.368. The van der Waals surface area contributed by atoms with Crippen molar-refractivity contribution in [2.75, 3.05) is 0 Å². The first-order chi connectivity index (χ1) is 4.57. The quantitative estimate of drug-likeness (QED) is 0.322. The van der Waals surface area contributed by atoms with Gasteiger partial charge in [0.25, 0.3) is 0 Å². The Morgan fingerprint density at radius 3 is 2.40 bits per heavy atom. The van der Waals surface area contributed by atoms with Crippen LogP contribution in [0.3, 0.4) is 0 Å². The van der Waals surface area contributed by atoms with Gasteiger partial charge in [0.2, 0.25) is 5.91 Å². The third-order valence-corrected chi connectivity index (χ3v) is 0.814. The molecule has 0 aromatic carbocycles. The highest BCUT2D eigenvalue weighted by Crippen LogP contribution is 1.88. The van der Waals surface area contributed by atoms with Crippen LogP contribution in [-0.2, 0) is 14.5 Å². The van der Waals surface area contributed by atoms with Crippen molar-refractivity contribution in [3.8, 4) is 0 Å². The van der Waals surface area contributed by atoms with Gasteiger partial charge in [-0.2, -0.15) is 5.26 Å². The zero-order valence-electron chi connectivity index (χ0n) is 5.11. The molecule has 0 bridgehead atoms. The minimum Gasteiger partial charge on any atom is -0.370 e. The molecule has 58 valence electrons. The number of primary amides is 1. The standard InChI is InChI=1S/C4H8N2O4/c5-2(1-3(6)7)4(8)10-9/h2,9H,1,5H2,(H2,6,7)/t2-/m0/s1. The largest absolute Gasteiger partial charge is 0.370 e. The van der Waals surface area contributed by atoms with Gasteiger partial charge >= 0.3 is 5.97 Å². The molecule has 5 N–H and O–H groups in total. The second kappa shape index (κ2) is 3.80. The fourth-order valence-electron chi connectivity index (χ4n) is 0.368. The summed E-state index contributed by atoms with van der Waals surface area (Å²) in [5, 5.41) is 7.74. The molecule has 0 aliphatic heterocycles. The van der Waals surface area contributed by atoms with E-state index in [9.17, 15) is 9.59 Å². The molecule has 6 heteroatoms. The molecule has 0 rings (SSSR count). The third kappa shape index (κ3) is 3.00. The van der Waals surface area contributed by atoms with Gasteiger partial charge in [0.05, 0.1) is 6.42 Å². The fraction of sp³-hybridized carbons (Fsp3) is 0.500. The van der Waals surface area contributed by atoms with Crippen molar-refractivity contribution in [2.24, 2.45) is 11.5 Å². The molecule has 0 aliphatic rings. The maximum absolute atomic E-state index is 10.2. The van der Waals surface area contributed by atoms with Crippen LogP contribution in [0.15, 0.2) is 0 Å². The predicted octanol–water partition coefficient (Wildman–Crippen LogP) is -1.79. The lowest BCUT2D eigenvalue weighted by atomic mass is 10.2. The first kappa shape index (κ1) is 8.86. The Kier molecular flexibility index (Phi) is 3.37. The Morgan fingerprint density at radius 2 is 2.10 bits per heavy atom. The molecule has 0 unspecified atom stereocenters. The SMILES string of the molecule is NC(=O)C[C@H](N)C(=O)OO. The summed E-state index contributed by atoms with van der Waals surface area (Å²) in [7, 11) is 0. The molecule has 0 fully saturated rings. The molecule has 0 heterocycles. The van der Waals surface area contributed by atoms with Crippen LogP contribution in [0.4, 0.5) is 0 Å². The van der Waals surface area contributed by atoms with Crippen LogP contribution in [0.1, 0.15) is 6.42 Å². The molecule has 0 saturated carbocycles. The zero-order valence-corrected chi connectivity index (χ0v) is 5.11. The van der Waals surface area contributed by atoms with Crippen molar-refractivity contribution in [1.29, 1.82) is 0 Å². The maximum atomic E-state index is 10.2. The van der Waals surface area contributed by atoms with Gasteiger partial charge in [-0.15, -0.1) is 0 Å². The summed E-state index contributed by atoms with van der Waals surface area (Å²) < 4.78 is 0. The van der Waals surface area contributed by atoms with Crippen molar-refractivity contribution in [1.82, 2.24) is 0 Å². The van der Waals surface area contributed by atoms with E-state index in [1.165, 1.54) is 0 Å². The Labute approximate surface area is 56.7 Å². The van der Waals surface area contributed by atoms with Crippen LogP contribution in [-0.4, -0.2) is 23.2 Å². The Hall–Kier alpha value is -1.14. The average molecular weight is 148 g/mol. The van der Waals surface area contributed by atoms with Crippen LogP contribution in [0.5, 0.6) is 0 Å². The van der Waals surface area contributed by atoms with Crippen LogP contribution >= 0.6 is 0 Å². The second-order valence-corrected chi connectivity index (χ2v) is 1.69. The van der Waals surface area contributed by atoms with E-state index in [-0.39, 0.29) is 6.42 Å². The second-order valence-electron chi connectivity index (χ2n) is 1.69.